The van der Waals surface area contributed by atoms with Gasteiger partial charge in [-0.2, -0.15) is 0 Å². The van der Waals surface area contributed by atoms with Gasteiger partial charge in [0.2, 0.25) is 0 Å². The highest BCUT2D eigenvalue weighted by Crippen LogP contribution is 2.56. The van der Waals surface area contributed by atoms with Crippen molar-refractivity contribution in [2.24, 2.45) is 0 Å². The van der Waals surface area contributed by atoms with Crippen molar-refractivity contribution in [1.82, 2.24) is 0 Å². The van der Waals surface area contributed by atoms with Gasteiger partial charge < -0.3 is 18.0 Å². The van der Waals surface area contributed by atoms with Gasteiger partial charge in [-0.05, 0) is 129 Å². The van der Waals surface area contributed by atoms with E-state index in [1.165, 1.54) is 54.6 Å². The van der Waals surface area contributed by atoms with Crippen LogP contribution in [0.25, 0.3) is 186 Å². The van der Waals surface area contributed by atoms with Gasteiger partial charge in [-0.1, -0.05) is 243 Å². The molecule has 0 radical (unpaired) electrons. The molecule has 0 spiro atoms. The largest absolute Gasteiger partial charge is 0.484 e. The Morgan fingerprint density at radius 2 is 0.727 bits per heavy atom. The molecule has 4 nitrogen and oxygen atoms in total. The molecule has 20 rings (SSSR count). The van der Waals surface area contributed by atoms with E-state index in [-0.39, 0.29) is 12.0 Å². The van der Waals surface area contributed by atoms with Crippen LogP contribution in [0.5, 0.6) is 5.75 Å². The van der Waals surface area contributed by atoms with Gasteiger partial charge in [-0.25, -0.2) is 0 Å². The van der Waals surface area contributed by atoms with Crippen LogP contribution in [0.3, 0.4) is 0 Å². The first-order chi connectivity index (χ1) is 43.7. The summed E-state index contributed by atoms with van der Waals surface area (Å²) >= 11 is 0. The molecule has 0 amide bonds. The highest BCUT2D eigenvalue weighted by molar-refractivity contribution is 6.32. The third kappa shape index (κ3) is 6.58. The van der Waals surface area contributed by atoms with Crippen LogP contribution in [-0.4, -0.2) is 6.10 Å². The van der Waals surface area contributed by atoms with Crippen LogP contribution in [0, 0.1) is 0 Å². The van der Waals surface area contributed by atoms with Gasteiger partial charge in [0.05, 0.1) is 10.8 Å². The highest BCUT2D eigenvalue weighted by Gasteiger charge is 2.37. The van der Waals surface area contributed by atoms with E-state index >= 15 is 0 Å². The summed E-state index contributed by atoms with van der Waals surface area (Å²) in [7, 11) is 0. The fourth-order valence-electron chi connectivity index (χ4n) is 15.6. The summed E-state index contributed by atoms with van der Waals surface area (Å²) in [6.45, 7) is 0. The lowest BCUT2D eigenvalue weighted by Gasteiger charge is -2.20. The van der Waals surface area contributed by atoms with E-state index in [0.717, 1.165) is 143 Å². The quantitative estimate of drug-likeness (QED) is 0.161. The van der Waals surface area contributed by atoms with Gasteiger partial charge in [0.1, 0.15) is 45.4 Å². The van der Waals surface area contributed by atoms with Crippen LogP contribution in [-0.2, 0) is 0 Å². The molecular weight excluding hydrogens is 1070 g/mol. The van der Waals surface area contributed by atoms with E-state index in [2.05, 4.69) is 279 Å². The Morgan fingerprint density at radius 1 is 0.261 bits per heavy atom. The zero-order valence-electron chi connectivity index (χ0n) is 47.3. The molecule has 1 aliphatic heterocycles. The first-order valence-electron chi connectivity index (χ1n) is 30.4. The maximum absolute atomic E-state index is 7.45. The van der Waals surface area contributed by atoms with E-state index in [1.54, 1.807) is 0 Å². The number of ether oxygens (including phenoxy) is 1. The molecular formula is C84H48O4. The van der Waals surface area contributed by atoms with Crippen LogP contribution in [0.15, 0.2) is 292 Å². The second-order valence-electron chi connectivity index (χ2n) is 23.9. The SMILES string of the molecule is C1=CC2Oc3c(cc(-c4c5ccccc5c(-c5cccc6c(-c7cccc8c7oc7c8cc(-c8c9ccccc9c(-c9ccc%10ccccc%10c9)c9ccccc89)c8oc9ccccc9c87)cccc56)c5ccccc45)c4oc5ccccc5c34)C2C=C1. The number of hydrogen-bond donors (Lipinski definition) is 0. The lowest BCUT2D eigenvalue weighted by atomic mass is 9.82. The average Bonchev–Trinajstić information content (AvgIpc) is 1.57. The number of para-hydroxylation sites is 3. The molecule has 15 aromatic carbocycles. The zero-order chi connectivity index (χ0) is 57.3. The van der Waals surface area contributed by atoms with Crippen molar-refractivity contribution in [3.63, 3.8) is 0 Å². The Kier molecular flexibility index (Phi) is 9.81. The van der Waals surface area contributed by atoms with E-state index in [4.69, 9.17) is 18.0 Å². The van der Waals surface area contributed by atoms with Gasteiger partial charge in [0, 0.05) is 60.8 Å². The molecule has 408 valence electrons. The van der Waals surface area contributed by atoms with Crippen LogP contribution < -0.4 is 4.74 Å². The number of hydrogen-bond acceptors (Lipinski definition) is 4. The summed E-state index contributed by atoms with van der Waals surface area (Å²) in [4.78, 5) is 0. The van der Waals surface area contributed by atoms with Gasteiger partial charge in [-0.15, -0.1) is 0 Å². The minimum atomic E-state index is -0.0717. The van der Waals surface area contributed by atoms with Crippen molar-refractivity contribution in [2.45, 2.75) is 12.0 Å². The highest BCUT2D eigenvalue weighted by atomic mass is 16.5. The van der Waals surface area contributed by atoms with Gasteiger partial charge >= 0.3 is 0 Å². The molecule has 88 heavy (non-hydrogen) atoms. The van der Waals surface area contributed by atoms with Crippen molar-refractivity contribution in [3.05, 3.63) is 285 Å². The lowest BCUT2D eigenvalue weighted by molar-refractivity contribution is 0.271. The molecule has 0 saturated heterocycles. The van der Waals surface area contributed by atoms with Crippen molar-refractivity contribution in [1.29, 1.82) is 0 Å². The number of rotatable bonds is 5. The van der Waals surface area contributed by atoms with Crippen molar-refractivity contribution < 1.29 is 18.0 Å². The number of benzene rings is 15. The second kappa shape index (κ2) is 18.0. The standard InChI is InChI=1S/C84H48O4/c1-2-21-48-44-49(43-42-47(48)20-1)74-55-23-3-5-25-57(55)76(58-26-6-4-24-56(58)74)70-46-68-64-38-19-37-63(80(64)88-82(68)79-66-32-13-16-41-73(66)87-84(70)79)52-35-17-34-51-50(52)33-18-36-54(51)75-59-27-7-9-29-61(59)77(62-30-10-8-28-60(62)75)69-45-67-53-22-11-14-39-71(53)85-81(67)78-65-31-12-15-40-72(65)86-83(69)78/h1-46,53,71H. The summed E-state index contributed by atoms with van der Waals surface area (Å²) in [5, 5.41) is 20.3. The zero-order valence-corrected chi connectivity index (χ0v) is 47.3. The third-order valence-electron chi connectivity index (χ3n) is 19.4. The Balaban J connectivity index is 0.806. The third-order valence-corrected chi connectivity index (χ3v) is 19.4. The first kappa shape index (κ1) is 47.8. The fourth-order valence-corrected chi connectivity index (χ4v) is 15.6. The summed E-state index contributed by atoms with van der Waals surface area (Å²) in [5.74, 6) is 1.01. The Hall–Kier alpha value is -11.5. The Bertz CT molecular complexity index is 6070. The summed E-state index contributed by atoms with van der Waals surface area (Å²) in [6.07, 6.45) is 8.63. The molecule has 2 aliphatic rings. The van der Waals surface area contributed by atoms with Crippen LogP contribution >= 0.6 is 0 Å². The van der Waals surface area contributed by atoms with Crippen LogP contribution in [0.2, 0.25) is 0 Å². The van der Waals surface area contributed by atoms with E-state index in [9.17, 15) is 0 Å². The van der Waals surface area contributed by atoms with Crippen molar-refractivity contribution in [3.8, 4) is 61.4 Å². The summed E-state index contributed by atoms with van der Waals surface area (Å²) in [5.41, 5.74) is 17.4. The molecule has 0 N–H and O–H groups in total. The van der Waals surface area contributed by atoms with E-state index in [0.29, 0.717) is 0 Å². The topological polar surface area (TPSA) is 48.7 Å². The van der Waals surface area contributed by atoms with E-state index < -0.39 is 0 Å². The second-order valence-corrected chi connectivity index (χ2v) is 23.9. The maximum atomic E-state index is 7.45. The van der Waals surface area contributed by atoms with Gasteiger partial charge in [0.15, 0.2) is 0 Å². The minimum absolute atomic E-state index is 0.0717. The molecule has 1 aliphatic carbocycles. The predicted molar refractivity (Wildman–Crippen MR) is 366 cm³/mol. The number of furan rings is 3. The molecule has 4 heteroatoms. The normalized spacial score (nSPS) is 14.8. The monoisotopic (exact) mass is 1120 g/mol. The first-order valence-corrected chi connectivity index (χ1v) is 30.4. The van der Waals surface area contributed by atoms with E-state index in [1.807, 2.05) is 0 Å². The minimum Gasteiger partial charge on any atom is -0.484 e. The summed E-state index contributed by atoms with van der Waals surface area (Å²) < 4.78 is 28.4. The maximum Gasteiger partial charge on any atom is 0.147 e. The Morgan fingerprint density at radius 3 is 1.36 bits per heavy atom. The molecule has 0 saturated carbocycles. The molecule has 0 fully saturated rings. The molecule has 4 heterocycles. The molecule has 18 aromatic rings. The van der Waals surface area contributed by atoms with Crippen LogP contribution in [0.1, 0.15) is 11.5 Å². The molecule has 2 atom stereocenters. The molecule has 2 unspecified atom stereocenters. The van der Waals surface area contributed by atoms with Crippen molar-refractivity contribution >= 4 is 130 Å². The van der Waals surface area contributed by atoms with Crippen molar-refractivity contribution in [2.75, 3.05) is 0 Å². The fraction of sp³-hybridized carbons (Fsp3) is 0.0238. The summed E-state index contributed by atoms with van der Waals surface area (Å²) in [6, 6.07) is 92.9. The lowest BCUT2D eigenvalue weighted by Crippen LogP contribution is -2.15. The van der Waals surface area contributed by atoms with Gasteiger partial charge in [0.25, 0.3) is 0 Å². The molecule has 3 aromatic heterocycles. The Labute approximate surface area is 503 Å². The van der Waals surface area contributed by atoms with Crippen LogP contribution in [0.4, 0.5) is 0 Å². The molecule has 0 bridgehead atoms. The van der Waals surface area contributed by atoms with Gasteiger partial charge in [-0.3, -0.25) is 0 Å². The number of fused-ring (bicyclic) bond motifs is 20. The smallest absolute Gasteiger partial charge is 0.147 e. The number of allylic oxidation sites excluding steroid dienone is 2. The average molecular weight is 1120 g/mol. The predicted octanol–water partition coefficient (Wildman–Crippen LogP) is 23.6.